The molecule has 1 aromatic carbocycles. The van der Waals surface area contributed by atoms with Crippen molar-refractivity contribution in [2.45, 2.75) is 51.7 Å². The van der Waals surface area contributed by atoms with Gasteiger partial charge in [0.15, 0.2) is 0 Å². The summed E-state index contributed by atoms with van der Waals surface area (Å²) >= 11 is 0. The molecule has 1 atom stereocenters. The molecule has 16 heavy (non-hydrogen) atoms. The smallest absolute Gasteiger partial charge is 0.124 e. The van der Waals surface area contributed by atoms with E-state index in [-0.39, 0.29) is 6.04 Å². The Labute approximate surface area is 97.8 Å². The van der Waals surface area contributed by atoms with E-state index in [1.54, 1.807) is 0 Å². The second-order valence-corrected chi connectivity index (χ2v) is 4.85. The van der Waals surface area contributed by atoms with Crippen LogP contribution in [-0.2, 0) is 0 Å². The normalized spacial score (nSPS) is 18.7. The predicted molar refractivity (Wildman–Crippen MR) is 66.7 cm³/mol. The third kappa shape index (κ3) is 2.56. The molecule has 1 aliphatic carbocycles. The molecule has 0 aromatic heterocycles. The van der Waals surface area contributed by atoms with Crippen LogP contribution in [0.4, 0.5) is 0 Å². The number of rotatable bonds is 3. The first kappa shape index (κ1) is 11.5. The molecule has 2 nitrogen and oxygen atoms in total. The summed E-state index contributed by atoms with van der Waals surface area (Å²) in [6, 6.07) is 6.33. The summed E-state index contributed by atoms with van der Waals surface area (Å²) in [5.74, 6) is 0.979. The lowest BCUT2D eigenvalue weighted by molar-refractivity contribution is 0.207. The topological polar surface area (TPSA) is 35.2 Å². The summed E-state index contributed by atoms with van der Waals surface area (Å²) in [4.78, 5) is 0. The molecule has 1 saturated carbocycles. The second-order valence-electron chi connectivity index (χ2n) is 4.85. The molecule has 0 amide bonds. The zero-order valence-corrected chi connectivity index (χ0v) is 10.2. The predicted octanol–water partition coefficient (Wildman–Crippen LogP) is 3.34. The highest BCUT2D eigenvalue weighted by atomic mass is 16.5. The van der Waals surface area contributed by atoms with Crippen molar-refractivity contribution in [3.8, 4) is 5.75 Å². The largest absolute Gasteiger partial charge is 0.490 e. The van der Waals surface area contributed by atoms with Crippen LogP contribution in [0.2, 0.25) is 0 Å². The van der Waals surface area contributed by atoms with Crippen LogP contribution < -0.4 is 10.5 Å². The first-order valence-corrected chi connectivity index (χ1v) is 6.19. The van der Waals surface area contributed by atoms with E-state index < -0.39 is 0 Å². The summed E-state index contributed by atoms with van der Waals surface area (Å²) < 4.78 is 6.04. The van der Waals surface area contributed by atoms with Gasteiger partial charge in [-0.15, -0.1) is 0 Å². The second kappa shape index (κ2) is 4.88. The van der Waals surface area contributed by atoms with Gasteiger partial charge in [-0.1, -0.05) is 17.7 Å². The molecule has 1 aliphatic rings. The van der Waals surface area contributed by atoms with E-state index in [0.717, 1.165) is 11.3 Å². The number of ether oxygens (including phenoxy) is 1. The maximum atomic E-state index is 6.04. The lowest BCUT2D eigenvalue weighted by atomic mass is 10.0. The summed E-state index contributed by atoms with van der Waals surface area (Å²) in [7, 11) is 0. The Morgan fingerprint density at radius 1 is 1.31 bits per heavy atom. The molecule has 1 fully saturated rings. The Kier molecular flexibility index (Phi) is 3.49. The van der Waals surface area contributed by atoms with Crippen molar-refractivity contribution in [1.29, 1.82) is 0 Å². The Morgan fingerprint density at radius 3 is 2.62 bits per heavy atom. The maximum absolute atomic E-state index is 6.04. The monoisotopic (exact) mass is 219 g/mol. The summed E-state index contributed by atoms with van der Waals surface area (Å²) in [6.45, 7) is 4.10. The number of hydrogen-bond donors (Lipinski definition) is 1. The van der Waals surface area contributed by atoms with E-state index in [4.69, 9.17) is 10.5 Å². The van der Waals surface area contributed by atoms with Gasteiger partial charge in [-0.3, -0.25) is 0 Å². The third-order valence-electron chi connectivity index (χ3n) is 3.25. The zero-order chi connectivity index (χ0) is 11.5. The fourth-order valence-electron chi connectivity index (χ4n) is 2.32. The standard InChI is InChI=1S/C14H21NO/c1-10-7-8-14(13(9-10)11(2)15)16-12-5-3-4-6-12/h7-9,11-12H,3-6,15H2,1-2H3/t11-/m1/s1. The van der Waals surface area contributed by atoms with Gasteiger partial charge < -0.3 is 10.5 Å². The Balaban J connectivity index is 2.18. The molecule has 0 bridgehead atoms. The van der Waals surface area contributed by atoms with Crippen molar-refractivity contribution in [1.82, 2.24) is 0 Å². The molecule has 2 N–H and O–H groups in total. The van der Waals surface area contributed by atoms with Gasteiger partial charge in [-0.05, 0) is 45.6 Å². The molecular formula is C14H21NO. The van der Waals surface area contributed by atoms with E-state index in [0.29, 0.717) is 6.10 Å². The molecule has 0 spiro atoms. The van der Waals surface area contributed by atoms with E-state index in [1.165, 1.54) is 31.2 Å². The van der Waals surface area contributed by atoms with Gasteiger partial charge in [0.25, 0.3) is 0 Å². The molecule has 0 heterocycles. The minimum Gasteiger partial charge on any atom is -0.490 e. The number of aryl methyl sites for hydroxylation is 1. The fourth-order valence-corrected chi connectivity index (χ4v) is 2.32. The van der Waals surface area contributed by atoms with Crippen LogP contribution in [0.1, 0.15) is 49.8 Å². The summed E-state index contributed by atoms with van der Waals surface area (Å²) in [6.07, 6.45) is 5.37. The van der Waals surface area contributed by atoms with Crippen molar-refractivity contribution in [3.05, 3.63) is 29.3 Å². The van der Waals surface area contributed by atoms with Crippen LogP contribution in [0.5, 0.6) is 5.75 Å². The lowest BCUT2D eigenvalue weighted by Gasteiger charge is -2.18. The van der Waals surface area contributed by atoms with Crippen LogP contribution in [0.25, 0.3) is 0 Å². The molecule has 2 heteroatoms. The molecule has 1 aromatic rings. The van der Waals surface area contributed by atoms with Crippen molar-refractivity contribution < 1.29 is 4.74 Å². The van der Waals surface area contributed by atoms with Crippen molar-refractivity contribution >= 4 is 0 Å². The minimum absolute atomic E-state index is 0.0382. The maximum Gasteiger partial charge on any atom is 0.124 e. The average molecular weight is 219 g/mol. The van der Waals surface area contributed by atoms with Gasteiger partial charge in [0.05, 0.1) is 6.10 Å². The van der Waals surface area contributed by atoms with Crippen molar-refractivity contribution in [2.24, 2.45) is 5.73 Å². The van der Waals surface area contributed by atoms with Crippen LogP contribution in [-0.4, -0.2) is 6.10 Å². The number of benzene rings is 1. The zero-order valence-electron chi connectivity index (χ0n) is 10.2. The Bertz CT molecular complexity index is 354. The van der Waals surface area contributed by atoms with Crippen LogP contribution in [0, 0.1) is 6.92 Å². The first-order valence-electron chi connectivity index (χ1n) is 6.19. The third-order valence-corrected chi connectivity index (χ3v) is 3.25. The van der Waals surface area contributed by atoms with Crippen molar-refractivity contribution in [3.63, 3.8) is 0 Å². The first-order chi connectivity index (χ1) is 7.66. The van der Waals surface area contributed by atoms with E-state index in [9.17, 15) is 0 Å². The minimum atomic E-state index is 0.0382. The van der Waals surface area contributed by atoms with Gasteiger partial charge in [0.2, 0.25) is 0 Å². The SMILES string of the molecule is Cc1ccc(OC2CCCC2)c([C@@H](C)N)c1. The molecule has 2 rings (SSSR count). The molecule has 88 valence electrons. The quantitative estimate of drug-likeness (QED) is 0.846. The van der Waals surface area contributed by atoms with Crippen molar-refractivity contribution in [2.75, 3.05) is 0 Å². The van der Waals surface area contributed by atoms with Gasteiger partial charge in [0, 0.05) is 11.6 Å². The molecule has 0 radical (unpaired) electrons. The fraction of sp³-hybridized carbons (Fsp3) is 0.571. The van der Waals surface area contributed by atoms with E-state index >= 15 is 0 Å². The highest BCUT2D eigenvalue weighted by molar-refractivity contribution is 5.38. The van der Waals surface area contributed by atoms with Crippen LogP contribution in [0.15, 0.2) is 18.2 Å². The van der Waals surface area contributed by atoms with Gasteiger partial charge in [-0.25, -0.2) is 0 Å². The Hall–Kier alpha value is -1.02. The molecule has 0 saturated heterocycles. The van der Waals surface area contributed by atoms with Crippen LogP contribution in [0.3, 0.4) is 0 Å². The highest BCUT2D eigenvalue weighted by Gasteiger charge is 2.18. The summed E-state index contributed by atoms with van der Waals surface area (Å²) in [5.41, 5.74) is 8.35. The molecule has 0 unspecified atom stereocenters. The number of nitrogens with two attached hydrogens (primary N) is 1. The Morgan fingerprint density at radius 2 is 2.00 bits per heavy atom. The highest BCUT2D eigenvalue weighted by Crippen LogP contribution is 2.29. The lowest BCUT2D eigenvalue weighted by Crippen LogP contribution is -2.15. The van der Waals surface area contributed by atoms with E-state index in [1.807, 2.05) is 6.92 Å². The van der Waals surface area contributed by atoms with Gasteiger partial charge in [0.1, 0.15) is 5.75 Å². The van der Waals surface area contributed by atoms with Crippen LogP contribution >= 0.6 is 0 Å². The average Bonchev–Trinajstić information content (AvgIpc) is 2.73. The van der Waals surface area contributed by atoms with E-state index in [2.05, 4.69) is 25.1 Å². The van der Waals surface area contributed by atoms with Gasteiger partial charge >= 0.3 is 0 Å². The number of hydrogen-bond acceptors (Lipinski definition) is 2. The molecule has 0 aliphatic heterocycles. The molecular weight excluding hydrogens is 198 g/mol. The summed E-state index contributed by atoms with van der Waals surface area (Å²) in [5, 5.41) is 0. The van der Waals surface area contributed by atoms with Gasteiger partial charge in [-0.2, -0.15) is 0 Å².